The van der Waals surface area contributed by atoms with Crippen LogP contribution in [0.4, 0.5) is 4.39 Å². The number of nitrogens with one attached hydrogen (secondary N) is 2. The Morgan fingerprint density at radius 2 is 1.86 bits per heavy atom. The molecule has 0 radical (unpaired) electrons. The van der Waals surface area contributed by atoms with Gasteiger partial charge in [-0.2, -0.15) is 0 Å². The molecule has 0 aromatic heterocycles. The van der Waals surface area contributed by atoms with Crippen LogP contribution in [0.25, 0.3) is 0 Å². The molecule has 0 aliphatic heterocycles. The van der Waals surface area contributed by atoms with Crippen LogP contribution in [0.2, 0.25) is 0 Å². The molecule has 0 saturated heterocycles. The van der Waals surface area contributed by atoms with E-state index in [0.717, 1.165) is 30.5 Å². The Hall–Kier alpha value is -2.76. The molecule has 0 bridgehead atoms. The van der Waals surface area contributed by atoms with Gasteiger partial charge in [-0.05, 0) is 37.5 Å². The summed E-state index contributed by atoms with van der Waals surface area (Å²) in [7, 11) is 3.24. The summed E-state index contributed by atoms with van der Waals surface area (Å²) in [5.74, 6) is 1.94. The first-order chi connectivity index (χ1) is 13.6. The zero-order valence-corrected chi connectivity index (χ0v) is 16.7. The Kier molecular flexibility index (Phi) is 6.39. The van der Waals surface area contributed by atoms with Crippen LogP contribution in [0.1, 0.15) is 30.9 Å². The Bertz CT molecular complexity index is 834. The van der Waals surface area contributed by atoms with Gasteiger partial charge in [-0.25, -0.2) is 9.38 Å². The van der Waals surface area contributed by atoms with Crippen LogP contribution < -0.4 is 20.1 Å². The molecule has 150 valence electrons. The van der Waals surface area contributed by atoms with Crippen molar-refractivity contribution in [2.45, 2.75) is 31.7 Å². The van der Waals surface area contributed by atoms with Crippen LogP contribution in [0.3, 0.4) is 0 Å². The Balaban J connectivity index is 1.72. The zero-order valence-electron chi connectivity index (χ0n) is 16.7. The molecule has 1 saturated carbocycles. The Morgan fingerprint density at radius 3 is 2.50 bits per heavy atom. The van der Waals surface area contributed by atoms with Crippen molar-refractivity contribution in [3.05, 3.63) is 59.4 Å². The van der Waals surface area contributed by atoms with Crippen molar-refractivity contribution in [2.24, 2.45) is 4.99 Å². The molecule has 0 amide bonds. The third-order valence-corrected chi connectivity index (χ3v) is 5.13. The maximum Gasteiger partial charge on any atom is 0.191 e. The highest BCUT2D eigenvalue weighted by atomic mass is 19.1. The number of rotatable bonds is 8. The molecule has 1 aliphatic carbocycles. The van der Waals surface area contributed by atoms with Crippen molar-refractivity contribution < 1.29 is 13.9 Å². The highest BCUT2D eigenvalue weighted by Gasteiger charge is 2.45. The van der Waals surface area contributed by atoms with E-state index in [0.29, 0.717) is 30.5 Å². The fraction of sp³-hybridized carbons (Fsp3) is 0.409. The smallest absolute Gasteiger partial charge is 0.191 e. The van der Waals surface area contributed by atoms with Crippen molar-refractivity contribution in [3.8, 4) is 11.5 Å². The maximum atomic E-state index is 14.2. The summed E-state index contributed by atoms with van der Waals surface area (Å²) in [6, 6.07) is 12.8. The summed E-state index contributed by atoms with van der Waals surface area (Å²) < 4.78 is 25.1. The first kappa shape index (κ1) is 20.0. The van der Waals surface area contributed by atoms with E-state index in [4.69, 9.17) is 9.47 Å². The fourth-order valence-corrected chi connectivity index (χ4v) is 3.42. The van der Waals surface area contributed by atoms with Crippen molar-refractivity contribution in [1.29, 1.82) is 0 Å². The molecule has 5 nitrogen and oxygen atoms in total. The molecule has 28 heavy (non-hydrogen) atoms. The van der Waals surface area contributed by atoms with Crippen LogP contribution in [-0.2, 0) is 12.0 Å². The van der Waals surface area contributed by atoms with Crippen molar-refractivity contribution in [1.82, 2.24) is 10.6 Å². The molecule has 0 heterocycles. The molecule has 2 aromatic rings. The minimum absolute atomic E-state index is 0.134. The van der Waals surface area contributed by atoms with Gasteiger partial charge in [0, 0.05) is 24.1 Å². The monoisotopic (exact) mass is 385 g/mol. The van der Waals surface area contributed by atoms with E-state index in [-0.39, 0.29) is 11.2 Å². The first-order valence-corrected chi connectivity index (χ1v) is 9.60. The second-order valence-corrected chi connectivity index (χ2v) is 6.96. The standard InChI is InChI=1S/C22H28FN3O2/c1-4-24-21(25-14-16-8-7-11-19(27-2)20(16)28-3)26-15-22(12-13-22)17-9-5-6-10-18(17)23/h5-11H,4,12-15H2,1-3H3,(H2,24,25,26). The molecule has 2 N–H and O–H groups in total. The lowest BCUT2D eigenvalue weighted by Crippen LogP contribution is -2.41. The van der Waals surface area contributed by atoms with E-state index in [1.165, 1.54) is 6.07 Å². The van der Waals surface area contributed by atoms with Crippen LogP contribution in [0.5, 0.6) is 11.5 Å². The summed E-state index contributed by atoms with van der Waals surface area (Å²) in [6.45, 7) is 3.86. The lowest BCUT2D eigenvalue weighted by molar-refractivity contribution is 0.352. The molecule has 3 rings (SSSR count). The van der Waals surface area contributed by atoms with Crippen LogP contribution in [0.15, 0.2) is 47.5 Å². The van der Waals surface area contributed by atoms with Gasteiger partial charge < -0.3 is 20.1 Å². The maximum absolute atomic E-state index is 14.2. The second-order valence-electron chi connectivity index (χ2n) is 6.96. The summed E-state index contributed by atoms with van der Waals surface area (Å²) in [4.78, 5) is 4.68. The van der Waals surface area contributed by atoms with Gasteiger partial charge in [0.15, 0.2) is 17.5 Å². The number of hydrogen-bond donors (Lipinski definition) is 2. The van der Waals surface area contributed by atoms with Crippen molar-refractivity contribution in [2.75, 3.05) is 27.3 Å². The van der Waals surface area contributed by atoms with Crippen molar-refractivity contribution in [3.63, 3.8) is 0 Å². The first-order valence-electron chi connectivity index (χ1n) is 9.60. The third kappa shape index (κ3) is 4.38. The van der Waals surface area contributed by atoms with E-state index in [2.05, 4.69) is 15.6 Å². The minimum atomic E-state index is -0.144. The molecule has 1 aliphatic rings. The SMILES string of the molecule is CCNC(=NCc1cccc(OC)c1OC)NCC1(c2ccccc2F)CC1. The molecular formula is C22H28FN3O2. The average Bonchev–Trinajstić information content (AvgIpc) is 3.50. The number of aliphatic imine (C=N–C) groups is 1. The third-order valence-electron chi connectivity index (χ3n) is 5.13. The van der Waals surface area contributed by atoms with Gasteiger partial charge in [0.2, 0.25) is 0 Å². The summed E-state index contributed by atoms with van der Waals surface area (Å²) in [5, 5.41) is 6.64. The molecule has 0 atom stereocenters. The number of methoxy groups -OCH3 is 2. The van der Waals surface area contributed by atoms with Gasteiger partial charge in [0.05, 0.1) is 20.8 Å². The van der Waals surface area contributed by atoms with Crippen LogP contribution >= 0.6 is 0 Å². The van der Waals surface area contributed by atoms with Crippen molar-refractivity contribution >= 4 is 5.96 Å². The topological polar surface area (TPSA) is 54.9 Å². The van der Waals surface area contributed by atoms with E-state index < -0.39 is 0 Å². The number of para-hydroxylation sites is 1. The number of ether oxygens (including phenoxy) is 2. The lowest BCUT2D eigenvalue weighted by atomic mass is 9.95. The number of guanidine groups is 1. The lowest BCUT2D eigenvalue weighted by Gasteiger charge is -2.19. The number of nitrogens with zero attached hydrogens (tertiary/aromatic N) is 1. The van der Waals surface area contributed by atoms with Gasteiger partial charge in [0.1, 0.15) is 5.82 Å². The van der Waals surface area contributed by atoms with Gasteiger partial charge in [0.25, 0.3) is 0 Å². The highest BCUT2D eigenvalue weighted by molar-refractivity contribution is 5.80. The summed E-state index contributed by atoms with van der Waals surface area (Å²) in [5.41, 5.74) is 1.58. The highest BCUT2D eigenvalue weighted by Crippen LogP contribution is 2.48. The molecular weight excluding hydrogens is 357 g/mol. The Morgan fingerprint density at radius 1 is 1.07 bits per heavy atom. The van der Waals surface area contributed by atoms with Gasteiger partial charge in [-0.15, -0.1) is 0 Å². The molecule has 0 unspecified atom stereocenters. The average molecular weight is 385 g/mol. The van der Waals surface area contributed by atoms with Gasteiger partial charge >= 0.3 is 0 Å². The molecule has 2 aromatic carbocycles. The van der Waals surface area contributed by atoms with Crippen LogP contribution in [-0.4, -0.2) is 33.3 Å². The van der Waals surface area contributed by atoms with E-state index >= 15 is 0 Å². The summed E-state index contributed by atoms with van der Waals surface area (Å²) >= 11 is 0. The predicted molar refractivity (Wildman–Crippen MR) is 110 cm³/mol. The van der Waals surface area contributed by atoms with Crippen LogP contribution in [0, 0.1) is 5.82 Å². The van der Waals surface area contributed by atoms with Gasteiger partial charge in [-0.3, -0.25) is 0 Å². The molecule has 6 heteroatoms. The Labute approximate surface area is 166 Å². The van der Waals surface area contributed by atoms with E-state index in [1.807, 2.05) is 37.3 Å². The zero-order chi connectivity index (χ0) is 20.0. The van der Waals surface area contributed by atoms with E-state index in [9.17, 15) is 4.39 Å². The largest absolute Gasteiger partial charge is 0.493 e. The number of hydrogen-bond acceptors (Lipinski definition) is 3. The molecule has 1 fully saturated rings. The normalized spacial score (nSPS) is 15.1. The fourth-order valence-electron chi connectivity index (χ4n) is 3.42. The van der Waals surface area contributed by atoms with E-state index in [1.54, 1.807) is 20.3 Å². The predicted octanol–water partition coefficient (Wildman–Crippen LogP) is 3.63. The van der Waals surface area contributed by atoms with Gasteiger partial charge in [-0.1, -0.05) is 30.3 Å². The number of benzene rings is 2. The minimum Gasteiger partial charge on any atom is -0.493 e. The summed E-state index contributed by atoms with van der Waals surface area (Å²) in [6.07, 6.45) is 1.95. The molecule has 0 spiro atoms. The second kappa shape index (κ2) is 8.95. The number of halogens is 1. The quantitative estimate of drug-likeness (QED) is 0.538.